The van der Waals surface area contributed by atoms with Crippen LogP contribution in [0.2, 0.25) is 10.2 Å². The molecule has 0 aliphatic carbocycles. The van der Waals surface area contributed by atoms with Crippen LogP contribution >= 0.6 is 23.2 Å². The monoisotopic (exact) mass is 218 g/mol. The van der Waals surface area contributed by atoms with Crippen LogP contribution in [0.4, 0.5) is 5.69 Å². The zero-order valence-electron chi connectivity index (χ0n) is 8.15. The Morgan fingerprint density at radius 3 is 2.15 bits per heavy atom. The van der Waals surface area contributed by atoms with Crippen molar-refractivity contribution in [2.45, 2.75) is 13.8 Å². The zero-order chi connectivity index (χ0) is 10.2. The summed E-state index contributed by atoms with van der Waals surface area (Å²) in [7, 11) is 3.87. The molecule has 1 aromatic rings. The predicted molar refractivity (Wildman–Crippen MR) is 58.1 cm³/mol. The third kappa shape index (κ3) is 1.89. The van der Waals surface area contributed by atoms with E-state index in [1.807, 2.05) is 32.8 Å². The Morgan fingerprint density at radius 1 is 1.15 bits per heavy atom. The largest absolute Gasteiger partial charge is 0.376 e. The highest BCUT2D eigenvalue weighted by Gasteiger charge is 2.13. The van der Waals surface area contributed by atoms with E-state index >= 15 is 0 Å². The summed E-state index contributed by atoms with van der Waals surface area (Å²) in [6.45, 7) is 3.91. The molecule has 13 heavy (non-hydrogen) atoms. The van der Waals surface area contributed by atoms with Gasteiger partial charge in [-0.1, -0.05) is 23.2 Å². The molecule has 0 amide bonds. The highest BCUT2D eigenvalue weighted by atomic mass is 35.5. The average molecular weight is 219 g/mol. The van der Waals surface area contributed by atoms with E-state index in [1.54, 1.807) is 0 Å². The number of hydrogen-bond acceptors (Lipinski definition) is 2. The number of rotatable bonds is 1. The third-order valence-corrected chi connectivity index (χ3v) is 2.73. The number of aryl methyl sites for hydroxylation is 1. The highest BCUT2D eigenvalue weighted by Crippen LogP contribution is 2.34. The van der Waals surface area contributed by atoms with E-state index in [9.17, 15) is 0 Å². The van der Waals surface area contributed by atoms with Crippen LogP contribution in [0.5, 0.6) is 0 Å². The van der Waals surface area contributed by atoms with Gasteiger partial charge in [0.2, 0.25) is 0 Å². The van der Waals surface area contributed by atoms with Crippen molar-refractivity contribution in [3.05, 3.63) is 21.4 Å². The van der Waals surface area contributed by atoms with Gasteiger partial charge in [-0.3, -0.25) is 0 Å². The lowest BCUT2D eigenvalue weighted by atomic mass is 10.2. The fourth-order valence-electron chi connectivity index (χ4n) is 1.25. The average Bonchev–Trinajstić information content (AvgIpc) is 2.01. The summed E-state index contributed by atoms with van der Waals surface area (Å²) in [5.41, 5.74) is 2.93. The summed E-state index contributed by atoms with van der Waals surface area (Å²) in [6, 6.07) is 0. The molecular formula is C9H12Cl2N2. The van der Waals surface area contributed by atoms with Crippen LogP contribution < -0.4 is 4.90 Å². The molecule has 0 aliphatic rings. The first-order valence-electron chi connectivity index (χ1n) is 3.94. The Labute approximate surface area is 88.5 Å². The van der Waals surface area contributed by atoms with E-state index in [-0.39, 0.29) is 0 Å². The van der Waals surface area contributed by atoms with Gasteiger partial charge < -0.3 is 4.90 Å². The minimum Gasteiger partial charge on any atom is -0.376 e. The Hall–Kier alpha value is -0.470. The van der Waals surface area contributed by atoms with E-state index in [0.29, 0.717) is 10.2 Å². The predicted octanol–water partition coefficient (Wildman–Crippen LogP) is 3.07. The van der Waals surface area contributed by atoms with Crippen LogP contribution in [-0.2, 0) is 0 Å². The molecule has 0 spiro atoms. The van der Waals surface area contributed by atoms with Gasteiger partial charge in [-0.05, 0) is 19.4 Å². The van der Waals surface area contributed by atoms with Crippen molar-refractivity contribution >= 4 is 28.9 Å². The van der Waals surface area contributed by atoms with Gasteiger partial charge in [0, 0.05) is 19.8 Å². The summed E-state index contributed by atoms with van der Waals surface area (Å²) < 4.78 is 0. The molecule has 0 aromatic carbocycles. The number of halogens is 2. The Bertz CT molecular complexity index is 309. The number of aromatic nitrogens is 1. The lowest BCUT2D eigenvalue weighted by Gasteiger charge is -2.19. The van der Waals surface area contributed by atoms with Crippen LogP contribution in [0.1, 0.15) is 11.3 Å². The fourth-order valence-corrected chi connectivity index (χ4v) is 1.81. The summed E-state index contributed by atoms with van der Waals surface area (Å²) in [5, 5.41) is 0.892. The molecule has 0 atom stereocenters. The molecule has 0 radical (unpaired) electrons. The van der Waals surface area contributed by atoms with E-state index in [0.717, 1.165) is 16.9 Å². The second kappa shape index (κ2) is 3.72. The van der Waals surface area contributed by atoms with Gasteiger partial charge in [-0.25, -0.2) is 4.98 Å². The van der Waals surface area contributed by atoms with Crippen molar-refractivity contribution in [1.29, 1.82) is 0 Å². The van der Waals surface area contributed by atoms with Crippen LogP contribution in [0.15, 0.2) is 0 Å². The van der Waals surface area contributed by atoms with Crippen molar-refractivity contribution in [3.8, 4) is 0 Å². The minimum absolute atomic E-state index is 0.369. The molecule has 2 nitrogen and oxygen atoms in total. The number of pyridine rings is 1. The van der Waals surface area contributed by atoms with Crippen molar-refractivity contribution < 1.29 is 0 Å². The van der Waals surface area contributed by atoms with E-state index in [1.165, 1.54) is 0 Å². The molecule has 0 unspecified atom stereocenters. The molecule has 1 rings (SSSR count). The van der Waals surface area contributed by atoms with Gasteiger partial charge in [0.25, 0.3) is 0 Å². The van der Waals surface area contributed by atoms with Crippen molar-refractivity contribution in [2.24, 2.45) is 0 Å². The molecule has 72 valence electrons. The molecule has 4 heteroatoms. The Balaban J connectivity index is 3.46. The van der Waals surface area contributed by atoms with Gasteiger partial charge >= 0.3 is 0 Å². The minimum atomic E-state index is 0.369. The first-order chi connectivity index (χ1) is 5.95. The quantitative estimate of drug-likeness (QED) is 0.674. The summed E-state index contributed by atoms with van der Waals surface area (Å²) in [4.78, 5) is 6.07. The van der Waals surface area contributed by atoms with Crippen molar-refractivity contribution in [2.75, 3.05) is 19.0 Å². The van der Waals surface area contributed by atoms with Crippen LogP contribution in [0.25, 0.3) is 0 Å². The first-order valence-corrected chi connectivity index (χ1v) is 4.70. The molecule has 1 aromatic heterocycles. The van der Waals surface area contributed by atoms with Gasteiger partial charge in [-0.2, -0.15) is 0 Å². The summed E-state index contributed by atoms with van der Waals surface area (Å²) >= 11 is 11.9. The number of hydrogen-bond donors (Lipinski definition) is 0. The summed E-state index contributed by atoms with van der Waals surface area (Å²) in [6.07, 6.45) is 0. The van der Waals surface area contributed by atoms with Crippen molar-refractivity contribution in [3.63, 3.8) is 0 Å². The Kier molecular flexibility index (Phi) is 3.04. The smallest absolute Gasteiger partial charge is 0.150 e. The molecule has 0 saturated carbocycles. The van der Waals surface area contributed by atoms with Crippen LogP contribution in [0.3, 0.4) is 0 Å². The SMILES string of the molecule is Cc1nc(Cl)c(Cl)c(N(C)C)c1C. The standard InChI is InChI=1S/C9H12Cl2N2/c1-5-6(2)12-9(11)7(10)8(5)13(3)4/h1-4H3. The molecule has 0 N–H and O–H groups in total. The van der Waals surface area contributed by atoms with E-state index in [4.69, 9.17) is 23.2 Å². The lowest BCUT2D eigenvalue weighted by molar-refractivity contribution is 1.07. The second-order valence-electron chi connectivity index (χ2n) is 3.17. The number of anilines is 1. The maximum absolute atomic E-state index is 6.03. The Morgan fingerprint density at radius 2 is 1.69 bits per heavy atom. The normalized spacial score (nSPS) is 10.3. The summed E-state index contributed by atoms with van der Waals surface area (Å²) in [5.74, 6) is 0. The molecular weight excluding hydrogens is 207 g/mol. The molecule has 0 saturated heterocycles. The third-order valence-electron chi connectivity index (χ3n) is 2.00. The maximum Gasteiger partial charge on any atom is 0.150 e. The molecule has 0 bridgehead atoms. The highest BCUT2D eigenvalue weighted by molar-refractivity contribution is 6.43. The van der Waals surface area contributed by atoms with Gasteiger partial charge in [-0.15, -0.1) is 0 Å². The fraction of sp³-hybridized carbons (Fsp3) is 0.444. The number of nitrogens with zero attached hydrogens (tertiary/aromatic N) is 2. The topological polar surface area (TPSA) is 16.1 Å². The molecule has 0 fully saturated rings. The lowest BCUT2D eigenvalue weighted by Crippen LogP contribution is -2.12. The molecule has 0 aliphatic heterocycles. The van der Waals surface area contributed by atoms with Gasteiger partial charge in [0.05, 0.1) is 5.69 Å². The van der Waals surface area contributed by atoms with Crippen molar-refractivity contribution in [1.82, 2.24) is 4.98 Å². The van der Waals surface area contributed by atoms with E-state index < -0.39 is 0 Å². The van der Waals surface area contributed by atoms with E-state index in [2.05, 4.69) is 4.98 Å². The maximum atomic E-state index is 6.03. The van der Waals surface area contributed by atoms with Crippen LogP contribution in [0, 0.1) is 13.8 Å². The second-order valence-corrected chi connectivity index (χ2v) is 3.91. The zero-order valence-corrected chi connectivity index (χ0v) is 9.66. The molecule has 1 heterocycles. The van der Waals surface area contributed by atoms with Gasteiger partial charge in [0.15, 0.2) is 0 Å². The van der Waals surface area contributed by atoms with Gasteiger partial charge in [0.1, 0.15) is 10.2 Å². The van der Waals surface area contributed by atoms with Crippen LogP contribution in [-0.4, -0.2) is 19.1 Å². The first kappa shape index (κ1) is 10.6.